The van der Waals surface area contributed by atoms with Crippen LogP contribution in [0.3, 0.4) is 0 Å². The summed E-state index contributed by atoms with van der Waals surface area (Å²) < 4.78 is 15.0. The number of nitrogens with one attached hydrogen (secondary N) is 10. The molecule has 0 aliphatic heterocycles. The van der Waals surface area contributed by atoms with Crippen molar-refractivity contribution in [2.24, 2.45) is 11.5 Å². The summed E-state index contributed by atoms with van der Waals surface area (Å²) >= 11 is 0. The van der Waals surface area contributed by atoms with Crippen molar-refractivity contribution in [3.63, 3.8) is 0 Å². The second-order valence-corrected chi connectivity index (χ2v) is 31.4. The molecule has 2 aromatic heterocycles. The van der Waals surface area contributed by atoms with E-state index >= 15 is 0 Å². The van der Waals surface area contributed by atoms with Gasteiger partial charge >= 0.3 is 12.2 Å². The van der Waals surface area contributed by atoms with E-state index in [1.54, 1.807) is 98.8 Å². The fourth-order valence-electron chi connectivity index (χ4n) is 7.86. The molecule has 5 aromatic rings. The number of carbonyl (C=O) groups excluding carboxylic acids is 8. The summed E-state index contributed by atoms with van der Waals surface area (Å²) in [7, 11) is 1.80. The lowest BCUT2D eigenvalue weighted by molar-refractivity contribution is -0.129. The van der Waals surface area contributed by atoms with E-state index < -0.39 is 35.5 Å². The van der Waals surface area contributed by atoms with Gasteiger partial charge in [-0.15, -0.1) is 0 Å². The predicted octanol–water partition coefficient (Wildman–Crippen LogP) is 13.1. The predicted molar refractivity (Wildman–Crippen MR) is 459 cm³/mol. The van der Waals surface area contributed by atoms with Gasteiger partial charge < -0.3 is 83.5 Å². The number of benzene rings is 3. The molecule has 0 saturated heterocycles. The highest BCUT2D eigenvalue weighted by Gasteiger charge is 2.22. The van der Waals surface area contributed by atoms with E-state index in [0.717, 1.165) is 31.0 Å². The van der Waals surface area contributed by atoms with Gasteiger partial charge in [0.1, 0.15) is 29.5 Å². The second kappa shape index (κ2) is 64.7. The van der Waals surface area contributed by atoms with Crippen LogP contribution in [0, 0.1) is 6.92 Å². The number of amides is 8. The topological polar surface area (TPSA) is 370 Å². The van der Waals surface area contributed by atoms with Crippen LogP contribution in [-0.4, -0.2) is 167 Å². The van der Waals surface area contributed by atoms with Crippen LogP contribution >= 0.6 is 0 Å². The normalized spacial score (nSPS) is 11.3. The van der Waals surface area contributed by atoms with E-state index in [1.807, 2.05) is 108 Å². The molecule has 0 spiro atoms. The van der Waals surface area contributed by atoms with Crippen LogP contribution in [0.2, 0.25) is 0 Å². The van der Waals surface area contributed by atoms with Crippen molar-refractivity contribution in [3.05, 3.63) is 155 Å². The Balaban J connectivity index is -0.000000381. The second-order valence-electron chi connectivity index (χ2n) is 31.4. The fraction of sp³-hybridized carbons (Fsp3) is 0.605. The Hall–Kier alpha value is -8.82. The number of aromatic nitrogens is 2. The first-order valence-electron chi connectivity index (χ1n) is 39.1. The number of ether oxygens (including phenoxy) is 2. The first-order chi connectivity index (χ1) is 51.7. The fourth-order valence-corrected chi connectivity index (χ4v) is 7.86. The molecule has 26 heteroatoms. The van der Waals surface area contributed by atoms with E-state index in [0.29, 0.717) is 41.7 Å². The number of hydrogen-bond donors (Lipinski definition) is 12. The van der Waals surface area contributed by atoms with Crippen LogP contribution < -0.4 is 64.6 Å². The Morgan fingerprint density at radius 1 is 0.518 bits per heavy atom. The molecule has 0 radical (unpaired) electrons. The number of hydrogen-bond acceptors (Lipinski definition) is 18. The van der Waals surface area contributed by atoms with Crippen molar-refractivity contribution in [1.82, 2.24) is 68.2 Å². The average molecular weight is 1570 g/mol. The van der Waals surface area contributed by atoms with Crippen molar-refractivity contribution in [3.8, 4) is 0 Å². The Labute approximate surface area is 675 Å². The lowest BCUT2D eigenvalue weighted by Gasteiger charge is -2.22. The SMILES string of the molecule is CC(=O)N(C)C(C)C.CC(C)NC(=O)C(C)N.CC(C)NC(=O)C(C)NC(=O)OC(C)(C)C.CC(C)NC(=O)CN.CC(C)NC(=O)CNC(=O)OC(C)(C)C.CC(C)NC(=O)c1cccnc1.CC(C)NC(C)c1ccccc1.CC(C)NCCc1ccccc1.CC(C)NCc1ccccc1.Cc1cc(C(C)C)on1. The molecule has 0 saturated carbocycles. The minimum absolute atomic E-state index is 0.0513. The molecule has 2 heterocycles. The van der Waals surface area contributed by atoms with Crippen molar-refractivity contribution in [1.29, 1.82) is 0 Å². The van der Waals surface area contributed by atoms with Gasteiger partial charge in [0.05, 0.1) is 23.8 Å². The first-order valence-corrected chi connectivity index (χ1v) is 39.1. The summed E-state index contributed by atoms with van der Waals surface area (Å²) in [5, 5.41) is 32.3. The summed E-state index contributed by atoms with van der Waals surface area (Å²) in [4.78, 5) is 93.6. The zero-order valence-electron chi connectivity index (χ0n) is 74.6. The molecule has 0 aliphatic carbocycles. The van der Waals surface area contributed by atoms with Crippen LogP contribution in [0.25, 0.3) is 0 Å². The quantitative estimate of drug-likeness (QED) is 0.0273. The van der Waals surface area contributed by atoms with Gasteiger partial charge in [-0.1, -0.05) is 152 Å². The zero-order chi connectivity index (χ0) is 87.5. The maximum atomic E-state index is 11.5. The van der Waals surface area contributed by atoms with Crippen molar-refractivity contribution >= 4 is 47.6 Å². The molecule has 638 valence electrons. The summed E-state index contributed by atoms with van der Waals surface area (Å²) in [5.41, 5.74) is 14.8. The minimum Gasteiger partial charge on any atom is -0.444 e. The minimum atomic E-state index is -0.600. The number of alkyl carbamates (subject to hydrolysis) is 2. The molecule has 0 fully saturated rings. The lowest BCUT2D eigenvalue weighted by Crippen LogP contribution is -2.48. The van der Waals surface area contributed by atoms with Crippen LogP contribution in [0.4, 0.5) is 9.59 Å². The van der Waals surface area contributed by atoms with Gasteiger partial charge in [0, 0.05) is 105 Å². The van der Waals surface area contributed by atoms with E-state index in [4.69, 9.17) is 25.5 Å². The molecule has 3 unspecified atom stereocenters. The first kappa shape index (κ1) is 112. The number of rotatable bonds is 24. The molecule has 3 atom stereocenters. The van der Waals surface area contributed by atoms with Gasteiger partial charge in [-0.25, -0.2) is 9.59 Å². The third-order valence-electron chi connectivity index (χ3n) is 13.4. The molecule has 14 N–H and O–H groups in total. The Morgan fingerprint density at radius 2 is 0.964 bits per heavy atom. The number of nitrogens with zero attached hydrogens (tertiary/aromatic N) is 3. The van der Waals surface area contributed by atoms with E-state index in [1.165, 1.54) is 16.7 Å². The maximum absolute atomic E-state index is 11.5. The molecule has 3 aromatic carbocycles. The van der Waals surface area contributed by atoms with Gasteiger partial charge in [-0.2, -0.15) is 0 Å². The van der Waals surface area contributed by atoms with Gasteiger partial charge in [-0.3, -0.25) is 33.8 Å². The number of pyridine rings is 1. The van der Waals surface area contributed by atoms with Crippen LogP contribution in [-0.2, 0) is 46.4 Å². The van der Waals surface area contributed by atoms with E-state index in [-0.39, 0.29) is 78.7 Å². The molecular formula is C86H153N15O11. The summed E-state index contributed by atoms with van der Waals surface area (Å²) in [6, 6.07) is 39.1. The highest BCUT2D eigenvalue weighted by Crippen LogP contribution is 2.15. The molecule has 0 bridgehead atoms. The standard InChI is InChI=1S/C11H22N2O3.2C11H17N.C10H20N2O3.C10H15N.C9H12N2O.C7H11NO.C6H14N2O.C6H13NO.C5H12N2O/c1-7(2)12-9(14)8(3)13-10(15)16-11(4,5)6;1-9(2)12-10(3)11-7-5-4-6-8-11;1-10(2)12-9-8-11-6-4-3-5-7-11;1-7(2)12-8(13)6-11-9(14)15-10(3,4)5;1-9(2)11-8-10-6-4-3-5-7-10;1-7(2)11-9(12)8-4-3-5-10-6-8;1-5(2)7-4-6(3)8-9-7;1-4(2)8-6(9)5(3)7;1-5(2)7(4)6(3)8;1-4(2)7-5(8)3-6/h7-8H,1-6H3,(H,12,14)(H,13,15);4-10,12H,1-3H3;3-7,10,12H,8-9H2,1-2H3;7H,6H2,1-5H3,(H,11,14)(H,12,13);3-7,9,11H,8H2,1-2H3;3-7H,1-2H3,(H,11,12);4-5H,1-3H3;4-5H,7H2,1-3H3,(H,8,9);5H,1-4H3;4H,3,6H2,1-2H3,(H,7,8). The molecule has 8 amide bonds. The average Bonchev–Trinajstić information content (AvgIpc) is 1.63. The lowest BCUT2D eigenvalue weighted by atomic mass is 10.1. The van der Waals surface area contributed by atoms with Crippen molar-refractivity contribution in [2.75, 3.05) is 26.7 Å². The zero-order valence-corrected chi connectivity index (χ0v) is 74.6. The third kappa shape index (κ3) is 75.2. The largest absolute Gasteiger partial charge is 0.444 e. The Kier molecular flexibility index (Phi) is 64.5. The van der Waals surface area contributed by atoms with Gasteiger partial charge in [0.15, 0.2) is 0 Å². The highest BCUT2D eigenvalue weighted by molar-refractivity contribution is 5.94. The molecule has 5 rings (SSSR count). The Morgan fingerprint density at radius 3 is 1.30 bits per heavy atom. The molecule has 26 nitrogen and oxygen atoms in total. The summed E-state index contributed by atoms with van der Waals surface area (Å²) in [5.74, 6) is 0.832. The number of aryl methyl sites for hydroxylation is 1. The van der Waals surface area contributed by atoms with Crippen molar-refractivity contribution < 1.29 is 52.4 Å². The van der Waals surface area contributed by atoms with Gasteiger partial charge in [-0.05, 0) is 194 Å². The van der Waals surface area contributed by atoms with Gasteiger partial charge in [0.2, 0.25) is 29.5 Å². The van der Waals surface area contributed by atoms with Crippen LogP contribution in [0.5, 0.6) is 0 Å². The Bertz CT molecular complexity index is 3210. The third-order valence-corrected chi connectivity index (χ3v) is 13.4. The van der Waals surface area contributed by atoms with E-state index in [9.17, 15) is 38.4 Å². The molecular weight excluding hydrogens is 1420 g/mol. The molecule has 0 aliphatic rings. The number of nitrogens with two attached hydrogens (primary N) is 2. The summed E-state index contributed by atoms with van der Waals surface area (Å²) in [6.45, 7) is 61.6. The van der Waals surface area contributed by atoms with E-state index in [2.05, 4.69) is 204 Å². The van der Waals surface area contributed by atoms with Gasteiger partial charge in [0.25, 0.3) is 5.91 Å². The van der Waals surface area contributed by atoms with Crippen molar-refractivity contribution in [2.45, 2.75) is 317 Å². The summed E-state index contributed by atoms with van der Waals surface area (Å²) in [6.07, 6.45) is 3.16. The van der Waals surface area contributed by atoms with Crippen LogP contribution in [0.1, 0.15) is 258 Å². The molecule has 112 heavy (non-hydrogen) atoms. The smallest absolute Gasteiger partial charge is 0.408 e. The highest BCUT2D eigenvalue weighted by atomic mass is 16.6. The number of carbonyl (C=O) groups is 8. The van der Waals surface area contributed by atoms with Crippen LogP contribution in [0.15, 0.2) is 126 Å². The monoisotopic (exact) mass is 1570 g/mol. The maximum Gasteiger partial charge on any atom is 0.408 e.